The van der Waals surface area contributed by atoms with E-state index in [4.69, 9.17) is 10.00 Å². The Kier molecular flexibility index (Phi) is 5.08. The van der Waals surface area contributed by atoms with Gasteiger partial charge in [0, 0.05) is 7.05 Å². The number of hydrogen-bond acceptors (Lipinski definition) is 8. The molecule has 0 atom stereocenters. The van der Waals surface area contributed by atoms with Crippen LogP contribution in [0.5, 0.6) is 0 Å². The second-order valence-electron chi connectivity index (χ2n) is 4.12. The van der Waals surface area contributed by atoms with Crippen LogP contribution in [0.3, 0.4) is 0 Å². The maximum Gasteiger partial charge on any atom is 0.343 e. The van der Waals surface area contributed by atoms with Gasteiger partial charge in [-0.1, -0.05) is 0 Å². The van der Waals surface area contributed by atoms with Gasteiger partial charge in [0.05, 0.1) is 11.3 Å². The number of rotatable bonds is 5. The smallest absolute Gasteiger partial charge is 0.343 e. The first-order valence-electron chi connectivity index (χ1n) is 6.15. The topological polar surface area (TPSA) is 104 Å². The van der Waals surface area contributed by atoms with Gasteiger partial charge in [-0.2, -0.15) is 9.64 Å². The molecule has 7 nitrogen and oxygen atoms in total. The molecule has 0 radical (unpaired) electrons. The number of nitrogens with one attached hydrogen (secondary N) is 2. The van der Waals surface area contributed by atoms with E-state index in [1.807, 2.05) is 6.07 Å². The van der Waals surface area contributed by atoms with Gasteiger partial charge >= 0.3 is 5.97 Å². The molecule has 0 aliphatic heterocycles. The number of carbonyl (C=O) groups is 2. The minimum atomic E-state index is -0.613. The van der Waals surface area contributed by atoms with Gasteiger partial charge in [-0.25, -0.2) is 4.79 Å². The van der Waals surface area contributed by atoms with Crippen molar-refractivity contribution in [3.8, 4) is 6.07 Å². The third-order valence-corrected chi connectivity index (χ3v) is 4.45. The van der Waals surface area contributed by atoms with Crippen LogP contribution in [0, 0.1) is 18.3 Å². The van der Waals surface area contributed by atoms with Crippen LogP contribution >= 0.6 is 22.9 Å². The number of amides is 1. The summed E-state index contributed by atoms with van der Waals surface area (Å²) in [6, 6.07) is 3.57. The van der Waals surface area contributed by atoms with Gasteiger partial charge in [-0.3, -0.25) is 4.79 Å². The molecule has 2 heterocycles. The predicted molar refractivity (Wildman–Crippen MR) is 84.3 cm³/mol. The lowest BCUT2D eigenvalue weighted by atomic mass is 10.2. The number of nitrogens with zero attached hydrogens (tertiary/aromatic N) is 2. The second kappa shape index (κ2) is 7.02. The van der Waals surface area contributed by atoms with Gasteiger partial charge in [0.1, 0.15) is 21.6 Å². The van der Waals surface area contributed by atoms with E-state index in [-0.39, 0.29) is 0 Å². The fraction of sp³-hybridized carbons (Fsp3) is 0.231. The molecular formula is C13H12N4O3S2. The Hall–Kier alpha value is -2.44. The monoisotopic (exact) mass is 336 g/mol. The number of hydrogen-bond donors (Lipinski definition) is 2. The van der Waals surface area contributed by atoms with Crippen molar-refractivity contribution in [1.29, 1.82) is 5.26 Å². The van der Waals surface area contributed by atoms with E-state index >= 15 is 0 Å². The molecule has 0 saturated carbocycles. The Labute approximate surface area is 134 Å². The lowest BCUT2D eigenvalue weighted by Gasteiger charge is -2.06. The van der Waals surface area contributed by atoms with Crippen molar-refractivity contribution in [3.63, 3.8) is 0 Å². The molecule has 1 amide bonds. The summed E-state index contributed by atoms with van der Waals surface area (Å²) in [5.41, 5.74) is 1.25. The summed E-state index contributed by atoms with van der Waals surface area (Å²) < 4.78 is 9.05. The van der Waals surface area contributed by atoms with E-state index in [0.717, 1.165) is 11.5 Å². The van der Waals surface area contributed by atoms with Gasteiger partial charge in [0.25, 0.3) is 5.91 Å². The van der Waals surface area contributed by atoms with E-state index in [2.05, 4.69) is 15.0 Å². The number of esters is 1. The SMILES string of the molecule is CNc1snc(C)c1C(=O)OCC(=O)Nc1sccc1C#N. The van der Waals surface area contributed by atoms with Crippen molar-refractivity contribution >= 4 is 44.7 Å². The first-order chi connectivity index (χ1) is 10.6. The average molecular weight is 336 g/mol. The Morgan fingerprint density at radius 1 is 1.45 bits per heavy atom. The van der Waals surface area contributed by atoms with E-state index in [0.29, 0.717) is 26.8 Å². The van der Waals surface area contributed by atoms with E-state index < -0.39 is 18.5 Å². The number of anilines is 2. The third kappa shape index (κ3) is 3.41. The summed E-state index contributed by atoms with van der Waals surface area (Å²) >= 11 is 2.38. The molecule has 2 aromatic rings. The molecular weight excluding hydrogens is 324 g/mol. The molecule has 2 aromatic heterocycles. The first kappa shape index (κ1) is 15.9. The van der Waals surface area contributed by atoms with Crippen LogP contribution in [0.25, 0.3) is 0 Å². The predicted octanol–water partition coefficient (Wildman–Crippen LogP) is 2.22. The Morgan fingerprint density at radius 2 is 2.23 bits per heavy atom. The van der Waals surface area contributed by atoms with Crippen LogP contribution in [0.2, 0.25) is 0 Å². The first-order valence-corrected chi connectivity index (χ1v) is 7.80. The number of aryl methyl sites for hydroxylation is 1. The van der Waals surface area contributed by atoms with Crippen LogP contribution in [-0.2, 0) is 9.53 Å². The van der Waals surface area contributed by atoms with Crippen molar-refractivity contribution < 1.29 is 14.3 Å². The standard InChI is InChI=1S/C13H12N4O3S2/c1-7-10(12(15-2)22-17-7)13(19)20-6-9(18)16-11-8(5-14)3-4-21-11/h3-4,15H,6H2,1-2H3,(H,16,18). The fourth-order valence-electron chi connectivity index (χ4n) is 1.64. The van der Waals surface area contributed by atoms with Crippen molar-refractivity contribution in [3.05, 3.63) is 28.3 Å². The van der Waals surface area contributed by atoms with Crippen LogP contribution in [0.15, 0.2) is 11.4 Å². The van der Waals surface area contributed by atoms with Crippen LogP contribution < -0.4 is 10.6 Å². The number of ether oxygens (including phenoxy) is 1. The van der Waals surface area contributed by atoms with Crippen molar-refractivity contribution in [2.75, 3.05) is 24.3 Å². The Morgan fingerprint density at radius 3 is 2.91 bits per heavy atom. The molecule has 114 valence electrons. The quantitative estimate of drug-likeness (QED) is 0.811. The summed E-state index contributed by atoms with van der Waals surface area (Å²) in [4.78, 5) is 23.8. The lowest BCUT2D eigenvalue weighted by Crippen LogP contribution is -2.21. The van der Waals surface area contributed by atoms with Crippen molar-refractivity contribution in [2.45, 2.75) is 6.92 Å². The number of aromatic nitrogens is 1. The number of thiophene rings is 1. The molecule has 0 unspecified atom stereocenters. The molecule has 9 heteroatoms. The zero-order chi connectivity index (χ0) is 16.1. The van der Waals surface area contributed by atoms with Gasteiger partial charge in [0.2, 0.25) is 0 Å². The van der Waals surface area contributed by atoms with Crippen LogP contribution in [0.1, 0.15) is 21.6 Å². The molecule has 0 aromatic carbocycles. The Bertz CT molecular complexity index is 745. The highest BCUT2D eigenvalue weighted by atomic mass is 32.1. The van der Waals surface area contributed by atoms with Gasteiger partial charge in [0.15, 0.2) is 6.61 Å². The van der Waals surface area contributed by atoms with Gasteiger partial charge in [-0.05, 0) is 29.9 Å². The maximum atomic E-state index is 12.0. The summed E-state index contributed by atoms with van der Waals surface area (Å²) in [5, 5.41) is 17.0. The van der Waals surface area contributed by atoms with Crippen molar-refractivity contribution in [1.82, 2.24) is 4.37 Å². The van der Waals surface area contributed by atoms with Crippen molar-refractivity contribution in [2.24, 2.45) is 0 Å². The molecule has 0 bridgehead atoms. The van der Waals surface area contributed by atoms with E-state index in [1.54, 1.807) is 25.4 Å². The zero-order valence-electron chi connectivity index (χ0n) is 11.8. The summed E-state index contributed by atoms with van der Waals surface area (Å²) in [7, 11) is 1.68. The molecule has 0 fully saturated rings. The largest absolute Gasteiger partial charge is 0.452 e. The summed E-state index contributed by atoms with van der Waals surface area (Å²) in [5.74, 6) is -1.11. The third-order valence-electron chi connectivity index (χ3n) is 2.67. The molecule has 2 rings (SSSR count). The molecule has 0 aliphatic carbocycles. The molecule has 0 spiro atoms. The normalized spacial score (nSPS) is 9.86. The van der Waals surface area contributed by atoms with Crippen LogP contribution in [0.4, 0.5) is 10.0 Å². The highest BCUT2D eigenvalue weighted by Crippen LogP contribution is 2.25. The number of carbonyl (C=O) groups excluding carboxylic acids is 2. The average Bonchev–Trinajstić information content (AvgIpc) is 3.10. The lowest BCUT2D eigenvalue weighted by molar-refractivity contribution is -0.119. The van der Waals surface area contributed by atoms with Crippen LogP contribution in [-0.4, -0.2) is 29.9 Å². The fourth-order valence-corrected chi connectivity index (χ4v) is 3.13. The number of nitriles is 1. The molecule has 2 N–H and O–H groups in total. The van der Waals surface area contributed by atoms with Gasteiger partial charge < -0.3 is 15.4 Å². The molecule has 0 aliphatic rings. The van der Waals surface area contributed by atoms with E-state index in [1.165, 1.54) is 11.3 Å². The minimum absolute atomic E-state index is 0.328. The summed E-state index contributed by atoms with van der Waals surface area (Å²) in [6.07, 6.45) is 0. The Balaban J connectivity index is 1.95. The molecule has 0 saturated heterocycles. The van der Waals surface area contributed by atoms with E-state index in [9.17, 15) is 9.59 Å². The van der Waals surface area contributed by atoms with Gasteiger partial charge in [-0.15, -0.1) is 11.3 Å². The zero-order valence-corrected chi connectivity index (χ0v) is 13.4. The highest BCUT2D eigenvalue weighted by molar-refractivity contribution is 7.14. The maximum absolute atomic E-state index is 12.0. The highest BCUT2D eigenvalue weighted by Gasteiger charge is 2.20. The minimum Gasteiger partial charge on any atom is -0.452 e. The molecule has 22 heavy (non-hydrogen) atoms. The second-order valence-corrected chi connectivity index (χ2v) is 5.81. The summed E-state index contributed by atoms with van der Waals surface area (Å²) in [6.45, 7) is 1.26.